The Bertz CT molecular complexity index is 504. The molecule has 0 fully saturated rings. The Hall–Kier alpha value is -1.91. The average molecular weight is 205 g/mol. The van der Waals surface area contributed by atoms with E-state index in [9.17, 15) is 4.79 Å². The Balaban J connectivity index is 2.27. The third-order valence-electron chi connectivity index (χ3n) is 2.09. The molecule has 1 N–H and O–H groups in total. The van der Waals surface area contributed by atoms with Crippen molar-refractivity contribution in [2.24, 2.45) is 0 Å². The molecule has 0 aromatic carbocycles. The number of pyridine rings is 1. The number of hydrogen-bond donors (Lipinski definition) is 1. The summed E-state index contributed by atoms with van der Waals surface area (Å²) in [7, 11) is 0. The molecule has 0 aliphatic rings. The first-order valence-corrected chi connectivity index (χ1v) is 4.69. The van der Waals surface area contributed by atoms with Crippen LogP contribution in [0.15, 0.2) is 18.3 Å². The Labute approximate surface area is 86.4 Å². The quantitative estimate of drug-likeness (QED) is 0.813. The lowest BCUT2D eigenvalue weighted by molar-refractivity contribution is -0.137. The minimum Gasteiger partial charge on any atom is -0.481 e. The summed E-state index contributed by atoms with van der Waals surface area (Å²) in [4.78, 5) is 14.6. The van der Waals surface area contributed by atoms with Crippen LogP contribution < -0.4 is 0 Å². The fourth-order valence-electron chi connectivity index (χ4n) is 1.36. The molecule has 0 spiro atoms. The van der Waals surface area contributed by atoms with Gasteiger partial charge in [-0.05, 0) is 18.6 Å². The zero-order chi connectivity index (χ0) is 10.8. The summed E-state index contributed by atoms with van der Waals surface area (Å²) >= 11 is 0. The highest BCUT2D eigenvalue weighted by atomic mass is 16.4. The number of aromatic nitrogens is 3. The zero-order valence-electron chi connectivity index (χ0n) is 8.34. The Morgan fingerprint density at radius 3 is 3.07 bits per heavy atom. The molecule has 0 amide bonds. The second-order valence-corrected chi connectivity index (χ2v) is 3.43. The number of carbonyl (C=O) groups is 1. The van der Waals surface area contributed by atoms with E-state index in [4.69, 9.17) is 5.11 Å². The van der Waals surface area contributed by atoms with Crippen LogP contribution in [0.1, 0.15) is 17.8 Å². The highest BCUT2D eigenvalue weighted by molar-refractivity contribution is 5.66. The first kappa shape index (κ1) is 9.64. The summed E-state index contributed by atoms with van der Waals surface area (Å²) in [5, 5.41) is 12.7. The van der Waals surface area contributed by atoms with Crippen molar-refractivity contribution in [2.45, 2.75) is 19.8 Å². The van der Waals surface area contributed by atoms with Gasteiger partial charge in [0.1, 0.15) is 0 Å². The average Bonchev–Trinajstić information content (AvgIpc) is 2.56. The van der Waals surface area contributed by atoms with Crippen LogP contribution in [-0.2, 0) is 11.2 Å². The fourth-order valence-corrected chi connectivity index (χ4v) is 1.36. The van der Waals surface area contributed by atoms with E-state index in [0.29, 0.717) is 12.2 Å². The number of nitrogens with zero attached hydrogens (tertiary/aromatic N) is 3. The van der Waals surface area contributed by atoms with Gasteiger partial charge in [0, 0.05) is 12.6 Å². The SMILES string of the molecule is Cc1ccc2nc(CCC(=O)O)nn2c1. The molecule has 2 aromatic heterocycles. The highest BCUT2D eigenvalue weighted by Crippen LogP contribution is 2.05. The number of aliphatic carboxylic acids is 1. The number of rotatable bonds is 3. The summed E-state index contributed by atoms with van der Waals surface area (Å²) in [6.07, 6.45) is 2.30. The van der Waals surface area contributed by atoms with Crippen molar-refractivity contribution < 1.29 is 9.90 Å². The molecule has 0 bridgehead atoms. The van der Waals surface area contributed by atoms with E-state index in [2.05, 4.69) is 10.1 Å². The van der Waals surface area contributed by atoms with E-state index in [1.54, 1.807) is 4.52 Å². The van der Waals surface area contributed by atoms with Crippen LogP contribution in [-0.4, -0.2) is 25.7 Å². The van der Waals surface area contributed by atoms with Crippen molar-refractivity contribution in [1.29, 1.82) is 0 Å². The van der Waals surface area contributed by atoms with Crippen LogP contribution >= 0.6 is 0 Å². The summed E-state index contributed by atoms with van der Waals surface area (Å²) in [6.45, 7) is 1.97. The summed E-state index contributed by atoms with van der Waals surface area (Å²) in [6, 6.07) is 3.82. The molecular formula is C10H11N3O2. The van der Waals surface area contributed by atoms with Gasteiger partial charge in [0.15, 0.2) is 11.5 Å². The van der Waals surface area contributed by atoms with Crippen molar-refractivity contribution in [3.8, 4) is 0 Å². The van der Waals surface area contributed by atoms with E-state index >= 15 is 0 Å². The van der Waals surface area contributed by atoms with Gasteiger partial charge in [-0.2, -0.15) is 5.10 Å². The second-order valence-electron chi connectivity index (χ2n) is 3.43. The molecule has 5 heteroatoms. The minimum atomic E-state index is -0.829. The van der Waals surface area contributed by atoms with Crippen molar-refractivity contribution in [3.05, 3.63) is 29.7 Å². The van der Waals surface area contributed by atoms with Gasteiger partial charge in [-0.15, -0.1) is 0 Å². The predicted octanol–water partition coefficient (Wildman–Crippen LogP) is 1.05. The first-order valence-electron chi connectivity index (χ1n) is 4.69. The maximum atomic E-state index is 10.4. The van der Waals surface area contributed by atoms with Gasteiger partial charge >= 0.3 is 5.97 Å². The minimum absolute atomic E-state index is 0.0653. The number of aryl methyl sites for hydroxylation is 2. The van der Waals surface area contributed by atoms with Crippen LogP contribution in [0.2, 0.25) is 0 Å². The third kappa shape index (κ3) is 2.12. The number of carboxylic acids is 1. The molecular weight excluding hydrogens is 194 g/mol. The van der Waals surface area contributed by atoms with Crippen LogP contribution in [0.3, 0.4) is 0 Å². The smallest absolute Gasteiger partial charge is 0.303 e. The molecule has 15 heavy (non-hydrogen) atoms. The molecule has 0 aliphatic carbocycles. The normalized spacial score (nSPS) is 10.7. The second kappa shape index (κ2) is 3.68. The largest absolute Gasteiger partial charge is 0.481 e. The fraction of sp³-hybridized carbons (Fsp3) is 0.300. The van der Waals surface area contributed by atoms with Gasteiger partial charge in [-0.3, -0.25) is 4.79 Å². The molecule has 0 aliphatic heterocycles. The van der Waals surface area contributed by atoms with Gasteiger partial charge < -0.3 is 5.11 Å². The van der Waals surface area contributed by atoms with Crippen molar-refractivity contribution in [2.75, 3.05) is 0 Å². The van der Waals surface area contributed by atoms with E-state index in [1.165, 1.54) is 0 Å². The molecule has 0 unspecified atom stereocenters. The van der Waals surface area contributed by atoms with Crippen molar-refractivity contribution in [1.82, 2.24) is 14.6 Å². The maximum absolute atomic E-state index is 10.4. The van der Waals surface area contributed by atoms with Gasteiger partial charge in [0.2, 0.25) is 0 Å². The Morgan fingerprint density at radius 2 is 2.33 bits per heavy atom. The summed E-state index contributed by atoms with van der Waals surface area (Å²) in [5.41, 5.74) is 1.85. The number of carboxylic acid groups (broad SMARTS) is 1. The number of fused-ring (bicyclic) bond motifs is 1. The van der Waals surface area contributed by atoms with Gasteiger partial charge in [0.25, 0.3) is 0 Å². The molecule has 0 atom stereocenters. The number of hydrogen-bond acceptors (Lipinski definition) is 3. The standard InChI is InChI=1S/C10H11N3O2/c1-7-2-4-9-11-8(3-5-10(14)15)12-13(9)6-7/h2,4,6H,3,5H2,1H3,(H,14,15). The van der Waals surface area contributed by atoms with E-state index in [0.717, 1.165) is 11.2 Å². The van der Waals surface area contributed by atoms with E-state index < -0.39 is 5.97 Å². The molecule has 2 rings (SSSR count). The molecule has 0 saturated heterocycles. The van der Waals surface area contributed by atoms with Crippen LogP contribution in [0.25, 0.3) is 5.65 Å². The Morgan fingerprint density at radius 1 is 1.53 bits per heavy atom. The van der Waals surface area contributed by atoms with Crippen LogP contribution in [0.4, 0.5) is 0 Å². The molecule has 2 heterocycles. The van der Waals surface area contributed by atoms with Crippen LogP contribution in [0, 0.1) is 6.92 Å². The molecule has 78 valence electrons. The lowest BCUT2D eigenvalue weighted by Crippen LogP contribution is -1.99. The molecule has 2 aromatic rings. The predicted molar refractivity (Wildman–Crippen MR) is 53.7 cm³/mol. The van der Waals surface area contributed by atoms with Gasteiger partial charge in [-0.25, -0.2) is 9.50 Å². The van der Waals surface area contributed by atoms with E-state index in [-0.39, 0.29) is 6.42 Å². The van der Waals surface area contributed by atoms with Crippen molar-refractivity contribution >= 4 is 11.6 Å². The van der Waals surface area contributed by atoms with Gasteiger partial charge in [-0.1, -0.05) is 6.07 Å². The first-order chi connectivity index (χ1) is 7.15. The monoisotopic (exact) mass is 205 g/mol. The molecule has 0 radical (unpaired) electrons. The topological polar surface area (TPSA) is 67.5 Å². The van der Waals surface area contributed by atoms with Crippen LogP contribution in [0.5, 0.6) is 0 Å². The van der Waals surface area contributed by atoms with E-state index in [1.807, 2.05) is 25.3 Å². The Kier molecular flexibility index (Phi) is 2.37. The summed E-state index contributed by atoms with van der Waals surface area (Å²) < 4.78 is 1.67. The highest BCUT2D eigenvalue weighted by Gasteiger charge is 2.05. The third-order valence-corrected chi connectivity index (χ3v) is 2.09. The zero-order valence-corrected chi connectivity index (χ0v) is 8.34. The lowest BCUT2D eigenvalue weighted by Gasteiger charge is -1.91. The lowest BCUT2D eigenvalue weighted by atomic mass is 10.3. The maximum Gasteiger partial charge on any atom is 0.303 e. The molecule has 5 nitrogen and oxygen atoms in total. The summed E-state index contributed by atoms with van der Waals surface area (Å²) in [5.74, 6) is -0.256. The van der Waals surface area contributed by atoms with Gasteiger partial charge in [0.05, 0.1) is 6.42 Å². The molecule has 0 saturated carbocycles. The van der Waals surface area contributed by atoms with Crippen molar-refractivity contribution in [3.63, 3.8) is 0 Å².